The Morgan fingerprint density at radius 3 is 2.11 bits per heavy atom. The molecular formula is C53H57FN4O7. The number of carboxylic acid groups (broad SMARTS) is 2. The number of piperidine rings is 1. The highest BCUT2D eigenvalue weighted by molar-refractivity contribution is 5.92. The van der Waals surface area contributed by atoms with Gasteiger partial charge in [-0.2, -0.15) is 0 Å². The first-order valence-electron chi connectivity index (χ1n) is 23.0. The number of rotatable bonds is 16. The van der Waals surface area contributed by atoms with Gasteiger partial charge in [-0.1, -0.05) is 24.3 Å². The van der Waals surface area contributed by atoms with Crippen LogP contribution in [0.1, 0.15) is 117 Å². The number of nitrogens with one attached hydrogen (secondary N) is 2. The lowest BCUT2D eigenvalue weighted by atomic mass is 9.88. The number of aromatic carboxylic acids is 2. The summed E-state index contributed by atoms with van der Waals surface area (Å²) in [5.41, 5.74) is 9.72. The van der Waals surface area contributed by atoms with E-state index in [0.29, 0.717) is 55.3 Å². The predicted molar refractivity (Wildman–Crippen MR) is 248 cm³/mol. The van der Waals surface area contributed by atoms with Gasteiger partial charge in [-0.05, 0) is 140 Å². The van der Waals surface area contributed by atoms with Crippen LogP contribution in [0.25, 0.3) is 21.8 Å². The highest BCUT2D eigenvalue weighted by Crippen LogP contribution is 2.48. The number of aromatic nitrogens is 2. The van der Waals surface area contributed by atoms with Crippen LogP contribution in [-0.4, -0.2) is 81.9 Å². The lowest BCUT2D eigenvalue weighted by Gasteiger charge is -2.40. The van der Waals surface area contributed by atoms with Gasteiger partial charge in [0.15, 0.2) is 0 Å². The molecule has 0 bridgehead atoms. The van der Waals surface area contributed by atoms with Crippen molar-refractivity contribution in [1.29, 1.82) is 0 Å². The van der Waals surface area contributed by atoms with Crippen LogP contribution >= 0.6 is 0 Å². The summed E-state index contributed by atoms with van der Waals surface area (Å²) in [4.78, 5) is 36.2. The molecule has 2 saturated carbocycles. The summed E-state index contributed by atoms with van der Waals surface area (Å²) in [5.74, 6) is 0.252. The third-order valence-electron chi connectivity index (χ3n) is 14.4. The topological polar surface area (TPSA) is 140 Å². The summed E-state index contributed by atoms with van der Waals surface area (Å²) in [5, 5.41) is 22.2. The first-order chi connectivity index (χ1) is 31.6. The van der Waals surface area contributed by atoms with E-state index in [-0.39, 0.29) is 35.0 Å². The van der Waals surface area contributed by atoms with Crippen molar-refractivity contribution in [2.45, 2.75) is 89.6 Å². The molecule has 3 atom stereocenters. The number of fused-ring (bicyclic) bond motifs is 2. The van der Waals surface area contributed by atoms with Crippen LogP contribution in [-0.2, 0) is 24.2 Å². The molecule has 6 aromatic rings. The molecule has 0 spiro atoms. The second-order valence-electron chi connectivity index (χ2n) is 18.6. The smallest absolute Gasteiger partial charge is 0.335 e. The second-order valence-corrected chi connectivity index (χ2v) is 18.6. The molecule has 4 N–H and O–H groups in total. The van der Waals surface area contributed by atoms with Crippen LogP contribution in [0.5, 0.6) is 11.5 Å². The van der Waals surface area contributed by atoms with Crippen LogP contribution in [0, 0.1) is 18.8 Å². The molecule has 2 aliphatic heterocycles. The summed E-state index contributed by atoms with van der Waals surface area (Å²) in [7, 11) is 3.36. The van der Waals surface area contributed by atoms with Gasteiger partial charge in [0.1, 0.15) is 17.3 Å². The van der Waals surface area contributed by atoms with Gasteiger partial charge in [0, 0.05) is 90.6 Å². The van der Waals surface area contributed by atoms with Gasteiger partial charge in [-0.25, -0.2) is 14.0 Å². The summed E-state index contributed by atoms with van der Waals surface area (Å²) in [6, 6.07) is 19.9. The van der Waals surface area contributed by atoms with E-state index in [1.54, 1.807) is 44.6 Å². The number of halogens is 1. The summed E-state index contributed by atoms with van der Waals surface area (Å²) < 4.78 is 35.3. The number of aromatic amines is 2. The number of aryl methyl sites for hydroxylation is 1. The number of methoxy groups -OCH3 is 2. The molecule has 65 heavy (non-hydrogen) atoms. The number of likely N-dealkylation sites (tertiary alicyclic amines) is 1. The number of hydrogen-bond donors (Lipinski definition) is 4. The highest BCUT2D eigenvalue weighted by atomic mass is 19.1. The van der Waals surface area contributed by atoms with Crippen molar-refractivity contribution in [3.8, 4) is 11.5 Å². The van der Waals surface area contributed by atoms with Gasteiger partial charge >= 0.3 is 11.9 Å². The van der Waals surface area contributed by atoms with Crippen molar-refractivity contribution in [1.82, 2.24) is 19.8 Å². The Morgan fingerprint density at radius 1 is 0.754 bits per heavy atom. The lowest BCUT2D eigenvalue weighted by Crippen LogP contribution is -2.39. The number of carbonyl (C=O) groups is 2. The predicted octanol–water partition coefficient (Wildman–Crippen LogP) is 10.7. The monoisotopic (exact) mass is 880 g/mol. The fourth-order valence-electron chi connectivity index (χ4n) is 10.6. The Bertz CT molecular complexity index is 2800. The maximum absolute atomic E-state index is 16.7. The SMILES string of the molecule is COc1cc(C)c2[nH]ccc2c1CN1CC[C@@H](OCC2CC2)C[C@H]1c1ccc(C(=O)O)c(Cc2cc(OC)c(CN3CCC(C4CC4)=C(F)[C@H]3c3ccc(C(=O)O)cc3)c3cc[nH]c23)c1. The van der Waals surface area contributed by atoms with Crippen molar-refractivity contribution in [3.05, 3.63) is 141 Å². The van der Waals surface area contributed by atoms with E-state index in [4.69, 9.17) is 14.2 Å². The first kappa shape index (κ1) is 43.0. The number of nitrogens with zero attached hydrogens (tertiary/aromatic N) is 2. The number of carboxylic acids is 2. The molecule has 11 nitrogen and oxygen atoms in total. The molecule has 338 valence electrons. The molecule has 4 heterocycles. The average molecular weight is 881 g/mol. The molecule has 0 amide bonds. The number of ether oxygens (including phenoxy) is 3. The molecule has 10 rings (SSSR count). The minimum absolute atomic E-state index is 0.0373. The number of benzene rings is 4. The third kappa shape index (κ3) is 8.55. The molecule has 1 saturated heterocycles. The lowest BCUT2D eigenvalue weighted by molar-refractivity contribution is -0.0229. The fraction of sp³-hybridized carbons (Fsp3) is 0.396. The molecule has 2 aliphatic carbocycles. The van der Waals surface area contributed by atoms with E-state index < -0.39 is 18.0 Å². The Hall–Kier alpha value is -5.95. The van der Waals surface area contributed by atoms with E-state index >= 15 is 4.39 Å². The van der Waals surface area contributed by atoms with Crippen molar-refractivity contribution in [2.75, 3.05) is 33.9 Å². The first-order valence-corrected chi connectivity index (χ1v) is 23.0. The van der Waals surface area contributed by atoms with Gasteiger partial charge in [0.2, 0.25) is 0 Å². The molecule has 3 fully saturated rings. The number of hydrogen-bond acceptors (Lipinski definition) is 7. The fourth-order valence-corrected chi connectivity index (χ4v) is 10.6. The van der Waals surface area contributed by atoms with Crippen molar-refractivity contribution < 1.29 is 38.4 Å². The maximum atomic E-state index is 16.7. The zero-order valence-corrected chi connectivity index (χ0v) is 37.3. The van der Waals surface area contributed by atoms with Gasteiger partial charge in [-0.15, -0.1) is 0 Å². The average Bonchev–Trinajstić information content (AvgIpc) is 4.22. The van der Waals surface area contributed by atoms with E-state index in [1.165, 1.54) is 12.8 Å². The Balaban J connectivity index is 0.988. The zero-order chi connectivity index (χ0) is 44.9. The van der Waals surface area contributed by atoms with Crippen LogP contribution in [0.2, 0.25) is 0 Å². The quantitative estimate of drug-likeness (QED) is 0.0748. The minimum atomic E-state index is -1.02. The van der Waals surface area contributed by atoms with Gasteiger partial charge in [0.05, 0.1) is 37.5 Å². The Labute approximate surface area is 378 Å². The number of H-pyrrole nitrogens is 2. The largest absolute Gasteiger partial charge is 0.496 e. The summed E-state index contributed by atoms with van der Waals surface area (Å²) >= 11 is 0. The molecule has 4 aliphatic rings. The van der Waals surface area contributed by atoms with E-state index in [9.17, 15) is 19.8 Å². The molecule has 0 radical (unpaired) electrons. The van der Waals surface area contributed by atoms with E-state index in [2.05, 4.69) is 44.9 Å². The van der Waals surface area contributed by atoms with Crippen LogP contribution in [0.15, 0.2) is 90.5 Å². The molecular weight excluding hydrogens is 824 g/mol. The van der Waals surface area contributed by atoms with Gasteiger partial charge < -0.3 is 34.4 Å². The van der Waals surface area contributed by atoms with Gasteiger partial charge in [-0.3, -0.25) is 9.80 Å². The maximum Gasteiger partial charge on any atom is 0.335 e. The van der Waals surface area contributed by atoms with Crippen LogP contribution in [0.4, 0.5) is 4.39 Å². The second kappa shape index (κ2) is 17.8. The van der Waals surface area contributed by atoms with Crippen molar-refractivity contribution in [3.63, 3.8) is 0 Å². The van der Waals surface area contributed by atoms with E-state index in [1.807, 2.05) is 30.6 Å². The Morgan fingerprint density at radius 2 is 1.43 bits per heavy atom. The molecule has 0 unspecified atom stereocenters. The van der Waals surface area contributed by atoms with Crippen LogP contribution in [0.3, 0.4) is 0 Å². The van der Waals surface area contributed by atoms with Crippen LogP contribution < -0.4 is 9.47 Å². The normalized spacial score (nSPS) is 20.8. The standard InChI is InChI=1S/C53H57FN4O7/c1-30-22-46(63-2)43(41-14-18-55-49(30)41)27-57-20-16-38(65-29-31-4-5-31)26-45(57)35-12-13-40(53(61)62)36(23-35)24-37-25-47(64-3)44(42-15-19-56-50(37)42)28-58-21-17-39(32-6-7-32)48(54)51(58)33-8-10-34(11-9-33)52(59)60/h8-15,18-19,22-23,25,31-32,38,45,51,55-56H,4-7,16-17,20-21,24,26-29H2,1-3H3,(H,59,60)(H,61,62)/t38-,45+,51-/m1/s1. The molecule has 12 heteroatoms. The summed E-state index contributed by atoms with van der Waals surface area (Å²) in [6.45, 7) is 5.36. The van der Waals surface area contributed by atoms with Gasteiger partial charge in [0.25, 0.3) is 0 Å². The third-order valence-corrected chi connectivity index (χ3v) is 14.4. The molecule has 2 aromatic heterocycles. The zero-order valence-electron chi connectivity index (χ0n) is 37.3. The Kier molecular flexibility index (Phi) is 11.8. The van der Waals surface area contributed by atoms with E-state index in [0.717, 1.165) is 99.8 Å². The highest BCUT2D eigenvalue weighted by Gasteiger charge is 2.39. The molecule has 4 aromatic carbocycles. The van der Waals surface area contributed by atoms with Crippen molar-refractivity contribution >= 4 is 33.7 Å². The minimum Gasteiger partial charge on any atom is -0.496 e. The summed E-state index contributed by atoms with van der Waals surface area (Å²) in [6.07, 6.45) is 11.0. The van der Waals surface area contributed by atoms with Crippen molar-refractivity contribution in [2.24, 2.45) is 11.8 Å².